The van der Waals surface area contributed by atoms with Gasteiger partial charge in [0.1, 0.15) is 11.5 Å². The quantitative estimate of drug-likeness (QED) is 0.919. The highest BCUT2D eigenvalue weighted by Crippen LogP contribution is 2.34. The number of fused-ring (bicyclic) bond motifs is 1. The number of anilines is 2. The smallest absolute Gasteiger partial charge is 0.265 e. The van der Waals surface area contributed by atoms with Crippen LogP contribution in [0, 0.1) is 0 Å². The van der Waals surface area contributed by atoms with Crippen molar-refractivity contribution >= 4 is 23.2 Å². The van der Waals surface area contributed by atoms with Crippen molar-refractivity contribution in [2.45, 2.75) is 25.4 Å². The molecule has 1 atom stereocenters. The molecule has 1 N–H and O–H groups in total. The minimum Gasteiger partial charge on any atom is -0.494 e. The van der Waals surface area contributed by atoms with Gasteiger partial charge in [-0.3, -0.25) is 9.59 Å². The fourth-order valence-corrected chi connectivity index (χ4v) is 3.43. The van der Waals surface area contributed by atoms with Gasteiger partial charge in [-0.05, 0) is 30.2 Å². The minimum atomic E-state index is -0.543. The van der Waals surface area contributed by atoms with Crippen molar-refractivity contribution in [1.82, 2.24) is 0 Å². The Morgan fingerprint density at radius 2 is 2.12 bits per heavy atom. The number of carbonyl (C=O) groups is 2. The molecule has 2 aromatic carbocycles. The summed E-state index contributed by atoms with van der Waals surface area (Å²) in [7, 11) is 1.56. The van der Waals surface area contributed by atoms with E-state index in [2.05, 4.69) is 5.32 Å². The van der Waals surface area contributed by atoms with E-state index in [0.29, 0.717) is 30.8 Å². The van der Waals surface area contributed by atoms with Gasteiger partial charge in [0.25, 0.3) is 5.91 Å². The van der Waals surface area contributed by atoms with Gasteiger partial charge in [-0.2, -0.15) is 0 Å². The zero-order chi connectivity index (χ0) is 18.1. The lowest BCUT2D eigenvalue weighted by atomic mass is 10.1. The second-order valence-corrected chi connectivity index (χ2v) is 6.44. The second kappa shape index (κ2) is 6.71. The summed E-state index contributed by atoms with van der Waals surface area (Å²) in [6, 6.07) is 13.0. The fourth-order valence-electron chi connectivity index (χ4n) is 3.43. The lowest BCUT2D eigenvalue weighted by Gasteiger charge is -2.20. The molecular weight excluding hydrogens is 332 g/mol. The number of methoxy groups -OCH3 is 1. The molecule has 0 unspecified atom stereocenters. The molecule has 2 aromatic rings. The topological polar surface area (TPSA) is 67.9 Å². The molecule has 2 amide bonds. The highest BCUT2D eigenvalue weighted by Gasteiger charge is 2.29. The van der Waals surface area contributed by atoms with Crippen LogP contribution < -0.4 is 19.7 Å². The van der Waals surface area contributed by atoms with E-state index >= 15 is 0 Å². The fraction of sp³-hybridized carbons (Fsp3) is 0.300. The Balaban J connectivity index is 1.48. The summed E-state index contributed by atoms with van der Waals surface area (Å²) in [5, 5.41) is 2.88. The number of para-hydroxylation sites is 1. The first-order chi connectivity index (χ1) is 12.7. The van der Waals surface area contributed by atoms with Gasteiger partial charge in [0, 0.05) is 31.1 Å². The molecule has 26 heavy (non-hydrogen) atoms. The Morgan fingerprint density at radius 3 is 2.85 bits per heavy atom. The number of hydrogen-bond donors (Lipinski definition) is 1. The van der Waals surface area contributed by atoms with E-state index < -0.39 is 6.10 Å². The summed E-state index contributed by atoms with van der Waals surface area (Å²) >= 11 is 0. The summed E-state index contributed by atoms with van der Waals surface area (Å²) in [4.78, 5) is 26.2. The Morgan fingerprint density at radius 1 is 1.27 bits per heavy atom. The molecule has 0 radical (unpaired) electrons. The Kier molecular flexibility index (Phi) is 4.24. The average molecular weight is 352 g/mol. The molecule has 0 saturated carbocycles. The summed E-state index contributed by atoms with van der Waals surface area (Å²) in [5.74, 6) is 1.22. The summed E-state index contributed by atoms with van der Waals surface area (Å²) in [6.45, 7) is 0.690. The SMILES string of the molecule is COc1cc(NC(=O)[C@H]2Cc3ccccc3O2)ccc1N1CCCC1=O. The third-order valence-corrected chi connectivity index (χ3v) is 4.75. The maximum absolute atomic E-state index is 12.5. The van der Waals surface area contributed by atoms with Gasteiger partial charge in [-0.1, -0.05) is 18.2 Å². The van der Waals surface area contributed by atoms with E-state index in [1.165, 1.54) is 0 Å². The van der Waals surface area contributed by atoms with Crippen molar-refractivity contribution in [3.8, 4) is 11.5 Å². The van der Waals surface area contributed by atoms with Crippen molar-refractivity contribution in [2.24, 2.45) is 0 Å². The molecule has 4 rings (SSSR count). The first-order valence-electron chi connectivity index (χ1n) is 8.69. The van der Waals surface area contributed by atoms with E-state index in [4.69, 9.17) is 9.47 Å². The normalized spacial score (nSPS) is 18.4. The molecule has 1 saturated heterocycles. The molecule has 6 heteroatoms. The maximum Gasteiger partial charge on any atom is 0.265 e. The van der Waals surface area contributed by atoms with Crippen LogP contribution in [0.4, 0.5) is 11.4 Å². The molecule has 0 aliphatic carbocycles. The maximum atomic E-state index is 12.5. The molecule has 1 fully saturated rings. The molecule has 0 aromatic heterocycles. The van der Waals surface area contributed by atoms with Gasteiger partial charge in [-0.25, -0.2) is 0 Å². The Labute approximate surface area is 151 Å². The van der Waals surface area contributed by atoms with E-state index in [1.54, 1.807) is 24.1 Å². The molecular formula is C20H20N2O4. The molecule has 2 heterocycles. The van der Waals surface area contributed by atoms with Crippen molar-refractivity contribution in [1.29, 1.82) is 0 Å². The van der Waals surface area contributed by atoms with E-state index in [1.807, 2.05) is 30.3 Å². The van der Waals surface area contributed by atoms with Gasteiger partial charge in [0.15, 0.2) is 6.10 Å². The van der Waals surface area contributed by atoms with Crippen LogP contribution in [0.3, 0.4) is 0 Å². The van der Waals surface area contributed by atoms with Gasteiger partial charge >= 0.3 is 0 Å². The lowest BCUT2D eigenvalue weighted by Crippen LogP contribution is -2.31. The number of rotatable bonds is 4. The van der Waals surface area contributed by atoms with Crippen molar-refractivity contribution in [2.75, 3.05) is 23.9 Å². The van der Waals surface area contributed by atoms with Crippen LogP contribution in [0.5, 0.6) is 11.5 Å². The standard InChI is InChI=1S/C20H20N2O4/c1-25-17-12-14(8-9-15(17)22-10-4-7-19(22)23)21-20(24)18-11-13-5-2-3-6-16(13)26-18/h2-3,5-6,8-9,12,18H,4,7,10-11H2,1H3,(H,21,24)/t18-/m1/s1. The largest absolute Gasteiger partial charge is 0.494 e. The number of amides is 2. The molecule has 2 aliphatic rings. The van der Waals surface area contributed by atoms with E-state index in [-0.39, 0.29) is 11.8 Å². The highest BCUT2D eigenvalue weighted by atomic mass is 16.5. The van der Waals surface area contributed by atoms with E-state index in [9.17, 15) is 9.59 Å². The molecule has 2 aliphatic heterocycles. The Bertz CT molecular complexity index is 840. The Hall–Kier alpha value is -3.02. The summed E-state index contributed by atoms with van der Waals surface area (Å²) in [6.07, 6.45) is 1.42. The second-order valence-electron chi connectivity index (χ2n) is 6.44. The van der Waals surface area contributed by atoms with E-state index in [0.717, 1.165) is 23.4 Å². The summed E-state index contributed by atoms with van der Waals surface area (Å²) < 4.78 is 11.1. The molecule has 0 spiro atoms. The van der Waals surface area contributed by atoms with Crippen molar-refractivity contribution in [3.63, 3.8) is 0 Å². The van der Waals surface area contributed by atoms with Crippen LogP contribution in [0.2, 0.25) is 0 Å². The number of carbonyl (C=O) groups excluding carboxylic acids is 2. The van der Waals surface area contributed by atoms with Crippen LogP contribution in [-0.2, 0) is 16.0 Å². The van der Waals surface area contributed by atoms with Crippen LogP contribution in [-0.4, -0.2) is 31.6 Å². The number of nitrogens with one attached hydrogen (secondary N) is 1. The van der Waals surface area contributed by atoms with Crippen molar-refractivity contribution in [3.05, 3.63) is 48.0 Å². The molecule has 134 valence electrons. The first-order valence-corrected chi connectivity index (χ1v) is 8.69. The summed E-state index contributed by atoms with van der Waals surface area (Å²) in [5.41, 5.74) is 2.38. The minimum absolute atomic E-state index is 0.0946. The molecule has 6 nitrogen and oxygen atoms in total. The zero-order valence-electron chi connectivity index (χ0n) is 14.5. The molecule has 0 bridgehead atoms. The average Bonchev–Trinajstić information content (AvgIpc) is 3.27. The predicted octanol–water partition coefficient (Wildman–Crippen LogP) is 2.76. The third-order valence-electron chi connectivity index (χ3n) is 4.75. The monoisotopic (exact) mass is 352 g/mol. The lowest BCUT2D eigenvalue weighted by molar-refractivity contribution is -0.122. The highest BCUT2D eigenvalue weighted by molar-refractivity contribution is 5.98. The number of hydrogen-bond acceptors (Lipinski definition) is 4. The third kappa shape index (κ3) is 2.98. The van der Waals surface area contributed by atoms with Crippen LogP contribution in [0.1, 0.15) is 18.4 Å². The first kappa shape index (κ1) is 16.4. The van der Waals surface area contributed by atoms with Crippen LogP contribution >= 0.6 is 0 Å². The van der Waals surface area contributed by atoms with Gasteiger partial charge < -0.3 is 19.7 Å². The number of ether oxygens (including phenoxy) is 2. The van der Waals surface area contributed by atoms with Gasteiger partial charge in [0.05, 0.1) is 12.8 Å². The predicted molar refractivity (Wildman–Crippen MR) is 97.8 cm³/mol. The zero-order valence-corrected chi connectivity index (χ0v) is 14.5. The van der Waals surface area contributed by atoms with Crippen LogP contribution in [0.15, 0.2) is 42.5 Å². The number of nitrogens with zero attached hydrogens (tertiary/aromatic N) is 1. The van der Waals surface area contributed by atoms with Crippen molar-refractivity contribution < 1.29 is 19.1 Å². The van der Waals surface area contributed by atoms with Gasteiger partial charge in [-0.15, -0.1) is 0 Å². The number of benzene rings is 2. The van der Waals surface area contributed by atoms with Crippen LogP contribution in [0.25, 0.3) is 0 Å². The van der Waals surface area contributed by atoms with Gasteiger partial charge in [0.2, 0.25) is 5.91 Å².